The summed E-state index contributed by atoms with van der Waals surface area (Å²) in [6, 6.07) is 2.11. The van der Waals surface area contributed by atoms with E-state index in [4.69, 9.17) is 0 Å². The number of likely N-dealkylation sites (N-methyl/N-ethyl adjacent to an activating group) is 1. The van der Waals surface area contributed by atoms with Gasteiger partial charge in [-0.05, 0) is 26.0 Å². The zero-order valence-corrected chi connectivity index (χ0v) is 11.2. The van der Waals surface area contributed by atoms with Crippen LogP contribution < -0.4 is 10.6 Å². The Morgan fingerprint density at radius 1 is 1.47 bits per heavy atom. The van der Waals surface area contributed by atoms with Crippen LogP contribution in [-0.4, -0.2) is 35.3 Å². The molecule has 1 unspecified atom stereocenters. The Morgan fingerprint density at radius 3 is 2.59 bits per heavy atom. The first kappa shape index (κ1) is 13.7. The van der Waals surface area contributed by atoms with E-state index in [1.807, 2.05) is 27.1 Å². The molecule has 0 aliphatic heterocycles. The summed E-state index contributed by atoms with van der Waals surface area (Å²) in [5.74, 6) is 0.250. The van der Waals surface area contributed by atoms with Crippen LogP contribution in [0.1, 0.15) is 42.9 Å². The molecule has 0 aliphatic rings. The fourth-order valence-electron chi connectivity index (χ4n) is 1.57. The molecule has 0 saturated carbocycles. The Labute approximate surface area is 103 Å². The fraction of sp³-hybridized carbons (Fsp3) is 0.667. The van der Waals surface area contributed by atoms with Crippen LogP contribution in [0, 0.1) is 0 Å². The van der Waals surface area contributed by atoms with Gasteiger partial charge >= 0.3 is 0 Å². The Bertz CT molecular complexity index is 384. The van der Waals surface area contributed by atoms with Gasteiger partial charge in [-0.2, -0.15) is 5.10 Å². The predicted molar refractivity (Wildman–Crippen MR) is 68.2 cm³/mol. The van der Waals surface area contributed by atoms with E-state index in [1.54, 1.807) is 4.68 Å². The van der Waals surface area contributed by atoms with Crippen molar-refractivity contribution in [2.24, 2.45) is 7.05 Å². The van der Waals surface area contributed by atoms with E-state index in [1.165, 1.54) is 0 Å². The van der Waals surface area contributed by atoms with Gasteiger partial charge in [-0.3, -0.25) is 9.48 Å². The molecule has 5 nitrogen and oxygen atoms in total. The summed E-state index contributed by atoms with van der Waals surface area (Å²) in [5, 5.41) is 10.1. The van der Waals surface area contributed by atoms with Crippen LogP contribution >= 0.6 is 0 Å². The lowest BCUT2D eigenvalue weighted by atomic mass is 10.1. The molecule has 2 N–H and O–H groups in total. The molecule has 1 rings (SSSR count). The molecule has 1 aromatic heterocycles. The van der Waals surface area contributed by atoms with Gasteiger partial charge in [0, 0.05) is 25.3 Å². The third kappa shape index (κ3) is 3.56. The normalized spacial score (nSPS) is 12.8. The average molecular weight is 238 g/mol. The Hall–Kier alpha value is -1.36. The van der Waals surface area contributed by atoms with Crippen molar-refractivity contribution in [2.75, 3.05) is 13.6 Å². The third-order valence-electron chi connectivity index (χ3n) is 2.80. The molecule has 0 spiro atoms. The van der Waals surface area contributed by atoms with E-state index in [2.05, 4.69) is 29.6 Å². The number of aromatic nitrogens is 2. The Kier molecular flexibility index (Phi) is 4.69. The number of hydrogen-bond donors (Lipinski definition) is 2. The third-order valence-corrected chi connectivity index (χ3v) is 2.80. The summed E-state index contributed by atoms with van der Waals surface area (Å²) < 4.78 is 1.76. The summed E-state index contributed by atoms with van der Waals surface area (Å²) in [7, 11) is 3.73. The smallest absolute Gasteiger partial charge is 0.271 e. The largest absolute Gasteiger partial charge is 0.349 e. The Balaban J connectivity index is 2.67. The van der Waals surface area contributed by atoms with Gasteiger partial charge < -0.3 is 10.6 Å². The van der Waals surface area contributed by atoms with E-state index in [9.17, 15) is 4.79 Å². The molecular formula is C12H22N4O. The van der Waals surface area contributed by atoms with Gasteiger partial charge in [0.2, 0.25) is 0 Å². The van der Waals surface area contributed by atoms with Crippen molar-refractivity contribution in [3.63, 3.8) is 0 Å². The number of carbonyl (C=O) groups excluding carboxylic acids is 1. The van der Waals surface area contributed by atoms with Gasteiger partial charge in [0.15, 0.2) is 0 Å². The van der Waals surface area contributed by atoms with E-state index >= 15 is 0 Å². The van der Waals surface area contributed by atoms with E-state index in [0.717, 1.165) is 5.69 Å². The average Bonchev–Trinajstić information content (AvgIpc) is 2.67. The summed E-state index contributed by atoms with van der Waals surface area (Å²) in [4.78, 5) is 11.8. The van der Waals surface area contributed by atoms with Gasteiger partial charge in [0.05, 0.1) is 0 Å². The molecule has 1 amide bonds. The minimum atomic E-state index is -0.116. The van der Waals surface area contributed by atoms with Crippen LogP contribution in [0.15, 0.2) is 6.07 Å². The molecule has 17 heavy (non-hydrogen) atoms. The maximum absolute atomic E-state index is 11.8. The highest BCUT2D eigenvalue weighted by molar-refractivity contribution is 5.92. The topological polar surface area (TPSA) is 58.9 Å². The lowest BCUT2D eigenvalue weighted by molar-refractivity contribution is 0.0945. The van der Waals surface area contributed by atoms with Crippen LogP contribution in [-0.2, 0) is 7.05 Å². The standard InChI is InChI=1S/C12H22N4O/c1-8(2)11-6-10(15-16(11)5)12(17)14-7-9(3)13-4/h6,8-9,13H,7H2,1-5H3,(H,14,17). The minimum absolute atomic E-state index is 0.116. The molecule has 1 aromatic rings. The van der Waals surface area contributed by atoms with E-state index in [0.29, 0.717) is 18.2 Å². The van der Waals surface area contributed by atoms with Gasteiger partial charge in [0.25, 0.3) is 5.91 Å². The van der Waals surface area contributed by atoms with Crippen molar-refractivity contribution in [1.82, 2.24) is 20.4 Å². The van der Waals surface area contributed by atoms with Gasteiger partial charge in [-0.15, -0.1) is 0 Å². The first-order valence-corrected chi connectivity index (χ1v) is 5.95. The highest BCUT2D eigenvalue weighted by Gasteiger charge is 2.14. The van der Waals surface area contributed by atoms with Crippen LogP contribution in [0.25, 0.3) is 0 Å². The number of rotatable bonds is 5. The molecule has 0 aliphatic carbocycles. The number of carbonyl (C=O) groups is 1. The lowest BCUT2D eigenvalue weighted by Crippen LogP contribution is -2.37. The van der Waals surface area contributed by atoms with Crippen molar-refractivity contribution in [3.8, 4) is 0 Å². The van der Waals surface area contributed by atoms with Crippen LogP contribution in [0.4, 0.5) is 0 Å². The second kappa shape index (κ2) is 5.82. The predicted octanol–water partition coefficient (Wildman–Crippen LogP) is 0.881. The zero-order valence-electron chi connectivity index (χ0n) is 11.2. The number of aryl methyl sites for hydroxylation is 1. The molecule has 0 radical (unpaired) electrons. The molecule has 96 valence electrons. The number of hydrogen-bond acceptors (Lipinski definition) is 3. The van der Waals surface area contributed by atoms with Crippen molar-refractivity contribution >= 4 is 5.91 Å². The van der Waals surface area contributed by atoms with Crippen LogP contribution in [0.2, 0.25) is 0 Å². The lowest BCUT2D eigenvalue weighted by Gasteiger charge is -2.09. The molecule has 5 heteroatoms. The second-order valence-electron chi connectivity index (χ2n) is 4.63. The molecule has 0 bridgehead atoms. The second-order valence-corrected chi connectivity index (χ2v) is 4.63. The molecular weight excluding hydrogens is 216 g/mol. The number of nitrogens with one attached hydrogen (secondary N) is 2. The maximum atomic E-state index is 11.8. The molecule has 1 atom stereocenters. The quantitative estimate of drug-likeness (QED) is 0.800. The van der Waals surface area contributed by atoms with Crippen LogP contribution in [0.5, 0.6) is 0 Å². The van der Waals surface area contributed by atoms with Crippen molar-refractivity contribution < 1.29 is 4.79 Å². The summed E-state index contributed by atoms with van der Waals surface area (Å²) >= 11 is 0. The van der Waals surface area contributed by atoms with Crippen molar-refractivity contribution in [3.05, 3.63) is 17.5 Å². The van der Waals surface area contributed by atoms with E-state index < -0.39 is 0 Å². The SMILES string of the molecule is CNC(C)CNC(=O)c1cc(C(C)C)n(C)n1. The summed E-state index contributed by atoms with van der Waals surface area (Å²) in [5.41, 5.74) is 1.55. The van der Waals surface area contributed by atoms with Gasteiger partial charge in [-0.1, -0.05) is 13.8 Å². The first-order chi connectivity index (χ1) is 7.95. The summed E-state index contributed by atoms with van der Waals surface area (Å²) in [6.07, 6.45) is 0. The van der Waals surface area contributed by atoms with Crippen molar-refractivity contribution in [2.45, 2.75) is 32.7 Å². The van der Waals surface area contributed by atoms with Gasteiger partial charge in [-0.25, -0.2) is 0 Å². The zero-order chi connectivity index (χ0) is 13.0. The molecule has 0 saturated heterocycles. The van der Waals surface area contributed by atoms with E-state index in [-0.39, 0.29) is 11.9 Å². The highest BCUT2D eigenvalue weighted by Crippen LogP contribution is 2.14. The fourth-order valence-corrected chi connectivity index (χ4v) is 1.57. The molecule has 0 fully saturated rings. The molecule has 1 heterocycles. The highest BCUT2D eigenvalue weighted by atomic mass is 16.1. The number of nitrogens with zero attached hydrogens (tertiary/aromatic N) is 2. The molecule has 0 aromatic carbocycles. The van der Waals surface area contributed by atoms with Crippen molar-refractivity contribution in [1.29, 1.82) is 0 Å². The first-order valence-electron chi connectivity index (χ1n) is 5.95. The minimum Gasteiger partial charge on any atom is -0.349 e. The van der Waals surface area contributed by atoms with Crippen LogP contribution in [0.3, 0.4) is 0 Å². The summed E-state index contributed by atoms with van der Waals surface area (Å²) in [6.45, 7) is 6.78. The van der Waals surface area contributed by atoms with Gasteiger partial charge in [0.1, 0.15) is 5.69 Å². The Morgan fingerprint density at radius 2 is 2.12 bits per heavy atom. The number of amides is 1. The maximum Gasteiger partial charge on any atom is 0.271 e. The monoisotopic (exact) mass is 238 g/mol.